The lowest BCUT2D eigenvalue weighted by molar-refractivity contribution is 0.0923. The van der Waals surface area contributed by atoms with Crippen molar-refractivity contribution in [3.63, 3.8) is 0 Å². The van der Waals surface area contributed by atoms with Crippen molar-refractivity contribution in [2.75, 3.05) is 10.2 Å². The lowest BCUT2D eigenvalue weighted by Gasteiger charge is -2.40. The highest BCUT2D eigenvalue weighted by Gasteiger charge is 2.43. The first-order valence-corrected chi connectivity index (χ1v) is 14.4. The number of hydrogen-bond acceptors (Lipinski definition) is 6. The molecule has 8 nitrogen and oxygen atoms in total. The number of anilines is 2. The van der Waals surface area contributed by atoms with Gasteiger partial charge in [-0.2, -0.15) is 0 Å². The van der Waals surface area contributed by atoms with Crippen molar-refractivity contribution in [2.24, 2.45) is 17.1 Å². The summed E-state index contributed by atoms with van der Waals surface area (Å²) in [6.45, 7) is 6.20. The van der Waals surface area contributed by atoms with Crippen molar-refractivity contribution >= 4 is 29.1 Å². The molecule has 3 heterocycles. The molecule has 6 rings (SSSR count). The van der Waals surface area contributed by atoms with Gasteiger partial charge in [-0.25, -0.2) is 4.98 Å². The van der Waals surface area contributed by atoms with Gasteiger partial charge in [-0.15, -0.1) is 0 Å². The number of ketones is 1. The Labute approximate surface area is 230 Å². The highest BCUT2D eigenvalue weighted by Crippen LogP contribution is 2.49. The molecule has 206 valence electrons. The lowest BCUT2D eigenvalue weighted by Crippen LogP contribution is -2.50. The summed E-state index contributed by atoms with van der Waals surface area (Å²) in [6, 6.07) is 8.29. The summed E-state index contributed by atoms with van der Waals surface area (Å²) in [5.41, 5.74) is 8.97. The first-order valence-electron chi connectivity index (χ1n) is 14.4. The number of carbonyl (C=O) groups is 3. The van der Waals surface area contributed by atoms with Gasteiger partial charge in [0.05, 0.1) is 5.56 Å². The number of carbonyl (C=O) groups excluding carboxylic acids is 3. The minimum Gasteiger partial charge on any atom is -0.381 e. The molecule has 1 aromatic carbocycles. The summed E-state index contributed by atoms with van der Waals surface area (Å²) in [7, 11) is 0. The van der Waals surface area contributed by atoms with Gasteiger partial charge in [0.15, 0.2) is 5.78 Å². The van der Waals surface area contributed by atoms with E-state index in [4.69, 9.17) is 5.73 Å². The number of nitrogens with zero attached hydrogens (tertiary/aromatic N) is 2. The first-order chi connectivity index (χ1) is 18.6. The smallest absolute Gasteiger partial charge is 0.251 e. The zero-order chi connectivity index (χ0) is 27.5. The highest BCUT2D eigenvalue weighted by atomic mass is 16.2. The molecule has 2 unspecified atom stereocenters. The average molecular weight is 530 g/mol. The number of hydrogen-bond donors (Lipinski definition) is 3. The molecular formula is C31H39N5O3. The standard InChI is InChI=1S/C31H39N5O3/c1-17-12-25(29(32)38)26(34-18(2)31(3)10-11-31)15-24(17)30(39)35-21-13-22-7-8-23(14-21)36(22)27-9-6-20(16-33-27)28(37)19-4-5-19/h6,9,12,15-16,18-19,21-23,34H,4-5,7-8,10-11,13-14H2,1-3H3,(H2,32,38)(H,35,39)/t18?,21?,22-,23+. The summed E-state index contributed by atoms with van der Waals surface area (Å²) < 4.78 is 0. The third-order valence-electron chi connectivity index (χ3n) is 9.64. The zero-order valence-corrected chi connectivity index (χ0v) is 23.1. The minimum absolute atomic E-state index is 0.0675. The molecule has 39 heavy (non-hydrogen) atoms. The summed E-state index contributed by atoms with van der Waals surface area (Å²) in [6.07, 6.45) is 9.85. The molecule has 2 aromatic rings. The van der Waals surface area contributed by atoms with Crippen molar-refractivity contribution in [3.8, 4) is 0 Å². The molecule has 0 spiro atoms. The van der Waals surface area contributed by atoms with Gasteiger partial charge in [-0.05, 0) is 100 Å². The van der Waals surface area contributed by atoms with Crippen LogP contribution in [0.5, 0.6) is 0 Å². The molecule has 4 aliphatic rings. The van der Waals surface area contributed by atoms with E-state index in [0.29, 0.717) is 34.5 Å². The largest absolute Gasteiger partial charge is 0.381 e. The van der Waals surface area contributed by atoms with Crippen molar-refractivity contribution in [3.05, 3.63) is 52.7 Å². The predicted octanol–water partition coefficient (Wildman–Crippen LogP) is 4.61. The second kappa shape index (κ2) is 9.65. The second-order valence-corrected chi connectivity index (χ2v) is 12.6. The molecule has 0 radical (unpaired) electrons. The van der Waals surface area contributed by atoms with E-state index in [1.165, 1.54) is 0 Å². The van der Waals surface area contributed by atoms with Gasteiger partial charge in [0.1, 0.15) is 5.82 Å². The van der Waals surface area contributed by atoms with Crippen LogP contribution in [-0.2, 0) is 0 Å². The number of amides is 2. The molecule has 2 amide bonds. The van der Waals surface area contributed by atoms with E-state index < -0.39 is 5.91 Å². The lowest BCUT2D eigenvalue weighted by atomic mass is 9.95. The van der Waals surface area contributed by atoms with Crippen molar-refractivity contribution in [1.29, 1.82) is 0 Å². The minimum atomic E-state index is -0.497. The van der Waals surface area contributed by atoms with Gasteiger partial charge in [0.2, 0.25) is 0 Å². The molecule has 2 bridgehead atoms. The van der Waals surface area contributed by atoms with E-state index in [-0.39, 0.29) is 35.1 Å². The third-order valence-corrected chi connectivity index (χ3v) is 9.64. The van der Waals surface area contributed by atoms with E-state index in [2.05, 4.69) is 34.4 Å². The number of nitrogens with one attached hydrogen (secondary N) is 2. The molecular weight excluding hydrogens is 490 g/mol. The molecule has 2 saturated heterocycles. The SMILES string of the molecule is Cc1cc(C(N)=O)c(NC(C)C2(C)CC2)cc1C(=O)NC1C[C@H]2CC[C@@H](C1)N2c1ccc(C(=O)C2CC2)cn1. The monoisotopic (exact) mass is 529 g/mol. The van der Waals surface area contributed by atoms with E-state index in [9.17, 15) is 14.4 Å². The number of fused-ring (bicyclic) bond motifs is 2. The number of piperidine rings is 1. The molecule has 2 saturated carbocycles. The van der Waals surface area contributed by atoms with E-state index in [0.717, 1.165) is 62.7 Å². The summed E-state index contributed by atoms with van der Waals surface area (Å²) in [4.78, 5) is 45.1. The predicted molar refractivity (Wildman–Crippen MR) is 151 cm³/mol. The normalized spacial score (nSPS) is 25.6. The maximum Gasteiger partial charge on any atom is 0.251 e. The Kier molecular flexibility index (Phi) is 6.39. The number of pyridine rings is 1. The average Bonchev–Trinajstić information content (AvgIpc) is 3.84. The molecule has 4 atom stereocenters. The number of aromatic nitrogens is 1. The Morgan fingerprint density at radius 2 is 1.74 bits per heavy atom. The number of benzene rings is 1. The molecule has 4 fully saturated rings. The van der Waals surface area contributed by atoms with Gasteiger partial charge >= 0.3 is 0 Å². The topological polar surface area (TPSA) is 117 Å². The van der Waals surface area contributed by atoms with Crippen LogP contribution in [0.25, 0.3) is 0 Å². The maximum absolute atomic E-state index is 13.5. The van der Waals surface area contributed by atoms with Crippen LogP contribution in [0.2, 0.25) is 0 Å². The Morgan fingerprint density at radius 3 is 2.31 bits per heavy atom. The van der Waals surface area contributed by atoms with E-state index in [1.54, 1.807) is 18.3 Å². The van der Waals surface area contributed by atoms with E-state index in [1.807, 2.05) is 19.1 Å². The van der Waals surface area contributed by atoms with Gasteiger partial charge in [-0.3, -0.25) is 14.4 Å². The summed E-state index contributed by atoms with van der Waals surface area (Å²) >= 11 is 0. The van der Waals surface area contributed by atoms with Crippen molar-refractivity contribution < 1.29 is 14.4 Å². The zero-order valence-electron chi connectivity index (χ0n) is 23.1. The number of rotatable bonds is 9. The molecule has 4 N–H and O–H groups in total. The van der Waals surface area contributed by atoms with E-state index >= 15 is 0 Å². The maximum atomic E-state index is 13.5. The van der Waals surface area contributed by atoms with Crippen LogP contribution in [0, 0.1) is 18.3 Å². The Morgan fingerprint density at radius 1 is 1.05 bits per heavy atom. The fourth-order valence-electron chi connectivity index (χ4n) is 6.51. The van der Waals surface area contributed by atoms with Gasteiger partial charge < -0.3 is 21.3 Å². The van der Waals surface area contributed by atoms with Crippen LogP contribution in [0.1, 0.15) is 102 Å². The summed E-state index contributed by atoms with van der Waals surface area (Å²) in [5, 5.41) is 6.76. The van der Waals surface area contributed by atoms with Crippen LogP contribution in [0.4, 0.5) is 11.5 Å². The van der Waals surface area contributed by atoms with Crippen LogP contribution in [-0.4, -0.2) is 46.7 Å². The Bertz CT molecular complexity index is 1300. The van der Waals surface area contributed by atoms with Crippen molar-refractivity contribution in [1.82, 2.24) is 10.3 Å². The Hall–Kier alpha value is -3.42. The number of Topliss-reactive ketones (excluding diaryl/α,β-unsaturated/α-hetero) is 1. The first kappa shape index (κ1) is 25.8. The fourth-order valence-corrected chi connectivity index (χ4v) is 6.51. The number of nitrogens with two attached hydrogens (primary N) is 1. The fraction of sp³-hybridized carbons (Fsp3) is 0.548. The van der Waals surface area contributed by atoms with Gasteiger partial charge in [0, 0.05) is 53.1 Å². The number of primary amides is 1. The van der Waals surface area contributed by atoms with Gasteiger partial charge in [-0.1, -0.05) is 6.92 Å². The van der Waals surface area contributed by atoms with Crippen molar-refractivity contribution in [2.45, 2.75) is 96.3 Å². The van der Waals surface area contributed by atoms with Crippen LogP contribution in [0.15, 0.2) is 30.5 Å². The highest BCUT2D eigenvalue weighted by molar-refractivity contribution is 6.03. The third kappa shape index (κ3) is 5.01. The molecule has 8 heteroatoms. The summed E-state index contributed by atoms with van der Waals surface area (Å²) in [5.74, 6) is 0.721. The second-order valence-electron chi connectivity index (χ2n) is 12.6. The molecule has 2 aliphatic carbocycles. The quantitative estimate of drug-likeness (QED) is 0.408. The Balaban J connectivity index is 1.14. The van der Waals surface area contributed by atoms with Crippen LogP contribution < -0.4 is 21.3 Å². The molecule has 1 aromatic heterocycles. The van der Waals surface area contributed by atoms with Crippen LogP contribution >= 0.6 is 0 Å². The van der Waals surface area contributed by atoms with Gasteiger partial charge in [0.25, 0.3) is 11.8 Å². The molecule has 2 aliphatic heterocycles. The number of aryl methyl sites for hydroxylation is 1. The van der Waals surface area contributed by atoms with Crippen LogP contribution in [0.3, 0.4) is 0 Å².